The van der Waals surface area contributed by atoms with E-state index in [1.54, 1.807) is 6.20 Å². The summed E-state index contributed by atoms with van der Waals surface area (Å²) in [7, 11) is 0. The molecule has 4 nitrogen and oxygen atoms in total. The van der Waals surface area contributed by atoms with Crippen LogP contribution in [0.5, 0.6) is 0 Å². The molecular weight excluding hydrogens is 248 g/mol. The first-order valence-corrected chi connectivity index (χ1v) is 4.96. The van der Waals surface area contributed by atoms with E-state index in [0.29, 0.717) is 12.4 Å². The van der Waals surface area contributed by atoms with Crippen molar-refractivity contribution in [2.75, 3.05) is 11.9 Å². The first-order valence-electron chi connectivity index (χ1n) is 4.17. The molecule has 1 rings (SSSR count). The molecule has 1 aromatic heterocycles. The third-order valence-corrected chi connectivity index (χ3v) is 2.52. The highest BCUT2D eigenvalue weighted by Gasteiger charge is 1.99. The smallest absolute Gasteiger partial charge is 0.305 e. The van der Waals surface area contributed by atoms with Crippen molar-refractivity contribution in [3.63, 3.8) is 0 Å². The second kappa shape index (κ2) is 4.95. The number of nitrogens with zero attached hydrogens (tertiary/aromatic N) is 1. The molecule has 76 valence electrons. The molecule has 0 saturated carbocycles. The van der Waals surface area contributed by atoms with E-state index in [1.165, 1.54) is 0 Å². The van der Waals surface area contributed by atoms with E-state index < -0.39 is 5.97 Å². The third-order valence-electron chi connectivity index (χ3n) is 1.69. The molecule has 0 saturated heterocycles. The molecule has 0 atom stereocenters. The van der Waals surface area contributed by atoms with Crippen LogP contribution in [0.1, 0.15) is 12.0 Å². The quantitative estimate of drug-likeness (QED) is 0.868. The van der Waals surface area contributed by atoms with Crippen LogP contribution in [0.2, 0.25) is 0 Å². The second-order valence-electron chi connectivity index (χ2n) is 2.89. The lowest BCUT2D eigenvalue weighted by atomic mass is 10.3. The van der Waals surface area contributed by atoms with Gasteiger partial charge in [0.2, 0.25) is 0 Å². The van der Waals surface area contributed by atoms with Crippen molar-refractivity contribution in [3.05, 3.63) is 22.3 Å². The van der Waals surface area contributed by atoms with E-state index >= 15 is 0 Å². The molecule has 0 aliphatic rings. The maximum Gasteiger partial charge on any atom is 0.305 e. The average Bonchev–Trinajstić information content (AvgIpc) is 2.10. The van der Waals surface area contributed by atoms with Crippen molar-refractivity contribution in [1.82, 2.24) is 4.98 Å². The van der Waals surface area contributed by atoms with Crippen molar-refractivity contribution >= 4 is 27.7 Å². The fourth-order valence-corrected chi connectivity index (χ4v) is 1.15. The molecule has 0 aliphatic heterocycles. The Hall–Kier alpha value is -1.10. The Kier molecular flexibility index (Phi) is 3.88. The number of aliphatic carboxylic acids is 1. The van der Waals surface area contributed by atoms with Crippen LogP contribution in [0.25, 0.3) is 0 Å². The highest BCUT2D eigenvalue weighted by atomic mass is 79.9. The average molecular weight is 259 g/mol. The summed E-state index contributed by atoms with van der Waals surface area (Å²) in [6.07, 6.45) is 1.79. The van der Waals surface area contributed by atoms with Gasteiger partial charge in [0.1, 0.15) is 5.82 Å². The van der Waals surface area contributed by atoms with Crippen molar-refractivity contribution < 1.29 is 9.90 Å². The molecular formula is C9H11BrN2O2. The Labute approximate surface area is 90.5 Å². The van der Waals surface area contributed by atoms with Crippen molar-refractivity contribution in [1.29, 1.82) is 0 Å². The maximum atomic E-state index is 10.2. The van der Waals surface area contributed by atoms with E-state index in [1.807, 2.05) is 13.0 Å². The molecule has 1 heterocycles. The number of pyridine rings is 1. The molecule has 0 bridgehead atoms. The van der Waals surface area contributed by atoms with Gasteiger partial charge in [0.05, 0.1) is 6.42 Å². The summed E-state index contributed by atoms with van der Waals surface area (Å²) in [5.74, 6) is -0.113. The van der Waals surface area contributed by atoms with Gasteiger partial charge in [0, 0.05) is 17.2 Å². The maximum absolute atomic E-state index is 10.2. The number of hydrogen-bond donors (Lipinski definition) is 2. The SMILES string of the molecule is Cc1cc(NCCC(=O)O)ncc1Br. The van der Waals surface area contributed by atoms with Gasteiger partial charge >= 0.3 is 5.97 Å². The van der Waals surface area contributed by atoms with Gasteiger partial charge in [-0.15, -0.1) is 0 Å². The number of halogens is 1. The van der Waals surface area contributed by atoms with E-state index in [0.717, 1.165) is 10.0 Å². The zero-order valence-electron chi connectivity index (χ0n) is 7.75. The lowest BCUT2D eigenvalue weighted by Crippen LogP contribution is -2.08. The Morgan fingerprint density at radius 3 is 3.00 bits per heavy atom. The standard InChI is InChI=1S/C9H11BrN2O2/c1-6-4-8(12-5-7(6)10)11-3-2-9(13)14/h4-5H,2-3H2,1H3,(H,11,12)(H,13,14). The van der Waals surface area contributed by atoms with E-state index in [2.05, 4.69) is 26.2 Å². The Morgan fingerprint density at radius 1 is 1.71 bits per heavy atom. The summed E-state index contributed by atoms with van der Waals surface area (Å²) in [5.41, 5.74) is 1.07. The summed E-state index contributed by atoms with van der Waals surface area (Å²) in [4.78, 5) is 14.3. The number of nitrogens with one attached hydrogen (secondary N) is 1. The Bertz CT molecular complexity index is 342. The van der Waals surface area contributed by atoms with Crippen LogP contribution in [-0.2, 0) is 4.79 Å². The van der Waals surface area contributed by atoms with Gasteiger partial charge in [-0.3, -0.25) is 4.79 Å². The van der Waals surface area contributed by atoms with Crippen molar-refractivity contribution in [3.8, 4) is 0 Å². The normalized spacial score (nSPS) is 9.86. The van der Waals surface area contributed by atoms with E-state index in [9.17, 15) is 4.79 Å². The van der Waals surface area contributed by atoms with Gasteiger partial charge in [0.15, 0.2) is 0 Å². The zero-order valence-corrected chi connectivity index (χ0v) is 9.34. The summed E-state index contributed by atoms with van der Waals surface area (Å²) in [6.45, 7) is 2.34. The molecule has 0 radical (unpaired) electrons. The molecule has 14 heavy (non-hydrogen) atoms. The molecule has 0 aromatic carbocycles. The number of carbonyl (C=O) groups is 1. The largest absolute Gasteiger partial charge is 0.481 e. The summed E-state index contributed by atoms with van der Waals surface area (Å²) in [6, 6.07) is 1.87. The molecule has 0 fully saturated rings. The first kappa shape index (κ1) is 11.0. The van der Waals surface area contributed by atoms with E-state index in [-0.39, 0.29) is 6.42 Å². The molecule has 0 amide bonds. The number of hydrogen-bond acceptors (Lipinski definition) is 3. The number of aryl methyl sites for hydroxylation is 1. The zero-order chi connectivity index (χ0) is 10.6. The first-order chi connectivity index (χ1) is 6.59. The minimum absolute atomic E-state index is 0.0940. The predicted molar refractivity (Wildman–Crippen MR) is 57.4 cm³/mol. The number of anilines is 1. The summed E-state index contributed by atoms with van der Waals surface area (Å²) >= 11 is 3.34. The predicted octanol–water partition coefficient (Wildman–Crippen LogP) is 2.04. The van der Waals surface area contributed by atoms with Gasteiger partial charge in [-0.1, -0.05) is 0 Å². The minimum atomic E-state index is -0.814. The van der Waals surface area contributed by atoms with Crippen molar-refractivity contribution in [2.24, 2.45) is 0 Å². The lowest BCUT2D eigenvalue weighted by molar-refractivity contribution is -0.136. The number of rotatable bonds is 4. The molecule has 2 N–H and O–H groups in total. The molecule has 0 spiro atoms. The van der Waals surface area contributed by atoms with Gasteiger partial charge in [-0.05, 0) is 34.5 Å². The highest BCUT2D eigenvalue weighted by Crippen LogP contribution is 2.16. The minimum Gasteiger partial charge on any atom is -0.481 e. The summed E-state index contributed by atoms with van der Waals surface area (Å²) in [5, 5.41) is 11.4. The molecule has 1 aromatic rings. The summed E-state index contributed by atoms with van der Waals surface area (Å²) < 4.78 is 0.946. The Balaban J connectivity index is 2.51. The monoisotopic (exact) mass is 258 g/mol. The van der Waals surface area contributed by atoms with Crippen LogP contribution < -0.4 is 5.32 Å². The van der Waals surface area contributed by atoms with Crippen LogP contribution in [0.3, 0.4) is 0 Å². The Morgan fingerprint density at radius 2 is 2.43 bits per heavy atom. The van der Waals surface area contributed by atoms with Gasteiger partial charge in [-0.25, -0.2) is 4.98 Å². The fraction of sp³-hybridized carbons (Fsp3) is 0.333. The second-order valence-corrected chi connectivity index (χ2v) is 3.74. The van der Waals surface area contributed by atoms with Crippen LogP contribution >= 0.6 is 15.9 Å². The number of carboxylic acid groups (broad SMARTS) is 1. The number of carboxylic acids is 1. The van der Waals surface area contributed by atoms with Gasteiger partial charge < -0.3 is 10.4 Å². The van der Waals surface area contributed by atoms with Gasteiger partial charge in [0.25, 0.3) is 0 Å². The topological polar surface area (TPSA) is 62.2 Å². The van der Waals surface area contributed by atoms with Crippen LogP contribution in [0.15, 0.2) is 16.7 Å². The highest BCUT2D eigenvalue weighted by molar-refractivity contribution is 9.10. The number of aromatic nitrogens is 1. The third kappa shape index (κ3) is 3.33. The van der Waals surface area contributed by atoms with Crippen LogP contribution in [0.4, 0.5) is 5.82 Å². The molecule has 5 heteroatoms. The van der Waals surface area contributed by atoms with Gasteiger partial charge in [-0.2, -0.15) is 0 Å². The molecule has 0 unspecified atom stereocenters. The fourth-order valence-electron chi connectivity index (χ4n) is 0.933. The van der Waals surface area contributed by atoms with Crippen LogP contribution in [-0.4, -0.2) is 22.6 Å². The molecule has 0 aliphatic carbocycles. The van der Waals surface area contributed by atoms with E-state index in [4.69, 9.17) is 5.11 Å². The van der Waals surface area contributed by atoms with Crippen molar-refractivity contribution in [2.45, 2.75) is 13.3 Å². The van der Waals surface area contributed by atoms with Crippen LogP contribution in [0, 0.1) is 6.92 Å². The lowest BCUT2D eigenvalue weighted by Gasteiger charge is -2.05.